The summed E-state index contributed by atoms with van der Waals surface area (Å²) in [5.41, 5.74) is 2.37. The Hall–Kier alpha value is -3.97. The minimum Gasteiger partial charge on any atom is -0.486 e. The van der Waals surface area contributed by atoms with Gasteiger partial charge in [-0.05, 0) is 60.5 Å². The smallest absolute Gasteiger partial charge is 0.291 e. The Bertz CT molecular complexity index is 1320. The number of amides is 2. The predicted molar refractivity (Wildman–Crippen MR) is 128 cm³/mol. The highest BCUT2D eigenvalue weighted by atomic mass is 35.5. The molecular weight excluding hydrogens is 456 g/mol. The van der Waals surface area contributed by atoms with E-state index in [4.69, 9.17) is 25.8 Å². The Morgan fingerprint density at radius 1 is 1.03 bits per heavy atom. The van der Waals surface area contributed by atoms with Crippen molar-refractivity contribution in [2.75, 3.05) is 18.5 Å². The van der Waals surface area contributed by atoms with E-state index in [1.165, 1.54) is 0 Å². The maximum Gasteiger partial charge on any atom is 0.291 e. The summed E-state index contributed by atoms with van der Waals surface area (Å²) in [6.45, 7) is 2.91. The highest BCUT2D eigenvalue weighted by molar-refractivity contribution is 6.32. The van der Waals surface area contributed by atoms with Crippen molar-refractivity contribution in [2.24, 2.45) is 0 Å². The first-order chi connectivity index (χ1) is 16.5. The molecule has 2 amide bonds. The summed E-state index contributed by atoms with van der Waals surface area (Å²) in [5, 5.41) is 6.26. The van der Waals surface area contributed by atoms with Crippen LogP contribution in [0.5, 0.6) is 17.2 Å². The van der Waals surface area contributed by atoms with Crippen LogP contribution in [0.3, 0.4) is 0 Å². The van der Waals surface area contributed by atoms with Crippen LogP contribution in [-0.2, 0) is 4.79 Å². The summed E-state index contributed by atoms with van der Waals surface area (Å²) in [7, 11) is 0. The fourth-order valence-electron chi connectivity index (χ4n) is 3.73. The van der Waals surface area contributed by atoms with Gasteiger partial charge in [0.05, 0.1) is 11.7 Å². The van der Waals surface area contributed by atoms with E-state index < -0.39 is 5.91 Å². The number of anilines is 1. The SMILES string of the molecule is C[C@H](NC(=O)c1ccc2c(c1)NC(=O)/C(=C/c1ccccc1Cl)O2)c1ccc2c(c1)OCCO2. The molecule has 2 aliphatic rings. The van der Waals surface area contributed by atoms with Crippen LogP contribution in [0.15, 0.2) is 66.4 Å². The molecule has 2 heterocycles. The summed E-state index contributed by atoms with van der Waals surface area (Å²) in [6.07, 6.45) is 1.58. The lowest BCUT2D eigenvalue weighted by Gasteiger charge is -2.22. The summed E-state index contributed by atoms with van der Waals surface area (Å²) < 4.78 is 16.9. The number of fused-ring (bicyclic) bond motifs is 2. The molecular formula is C26H21ClN2O5. The third-order valence-corrected chi connectivity index (χ3v) is 5.88. The van der Waals surface area contributed by atoms with Gasteiger partial charge in [0.2, 0.25) is 0 Å². The standard InChI is InChI=1S/C26H21ClN2O5/c1-15(16-6-9-22-23(13-16)33-11-10-32-22)28-25(30)18-7-8-21-20(12-18)29-26(31)24(34-21)14-17-4-2-3-5-19(17)27/h2-9,12-15H,10-11H2,1H3,(H,28,30)(H,29,31)/b24-14-/t15-/m0/s1. The van der Waals surface area contributed by atoms with Gasteiger partial charge < -0.3 is 24.8 Å². The van der Waals surface area contributed by atoms with E-state index in [-0.39, 0.29) is 17.7 Å². The highest BCUT2D eigenvalue weighted by Crippen LogP contribution is 2.34. The Morgan fingerprint density at radius 2 is 1.79 bits per heavy atom. The van der Waals surface area contributed by atoms with E-state index >= 15 is 0 Å². The Kier molecular flexibility index (Phi) is 5.86. The number of carbonyl (C=O) groups is 2. The van der Waals surface area contributed by atoms with E-state index in [1.807, 2.05) is 37.3 Å². The highest BCUT2D eigenvalue weighted by Gasteiger charge is 2.24. The molecule has 5 rings (SSSR count). The zero-order valence-electron chi connectivity index (χ0n) is 18.3. The first-order valence-corrected chi connectivity index (χ1v) is 11.2. The van der Waals surface area contributed by atoms with Gasteiger partial charge in [-0.25, -0.2) is 0 Å². The van der Waals surface area contributed by atoms with Crippen LogP contribution in [0.2, 0.25) is 5.02 Å². The number of nitrogens with one attached hydrogen (secondary N) is 2. The molecule has 7 nitrogen and oxygen atoms in total. The molecule has 0 saturated heterocycles. The van der Waals surface area contributed by atoms with Crippen molar-refractivity contribution < 1.29 is 23.8 Å². The van der Waals surface area contributed by atoms with Crippen LogP contribution >= 0.6 is 11.6 Å². The van der Waals surface area contributed by atoms with E-state index in [2.05, 4.69) is 10.6 Å². The van der Waals surface area contributed by atoms with Crippen molar-refractivity contribution in [3.63, 3.8) is 0 Å². The molecule has 0 bridgehead atoms. The first-order valence-electron chi connectivity index (χ1n) is 10.8. The van der Waals surface area contributed by atoms with E-state index in [1.54, 1.807) is 36.4 Å². The molecule has 0 saturated carbocycles. The van der Waals surface area contributed by atoms with Gasteiger partial charge in [-0.1, -0.05) is 35.9 Å². The second kappa shape index (κ2) is 9.11. The lowest BCUT2D eigenvalue weighted by molar-refractivity contribution is -0.115. The number of carbonyl (C=O) groups excluding carboxylic acids is 2. The van der Waals surface area contributed by atoms with Crippen LogP contribution in [0.1, 0.15) is 34.5 Å². The quantitative estimate of drug-likeness (QED) is 0.519. The van der Waals surface area contributed by atoms with Crippen LogP contribution in [0, 0.1) is 0 Å². The summed E-state index contributed by atoms with van der Waals surface area (Å²) in [4.78, 5) is 25.4. The Morgan fingerprint density at radius 3 is 2.62 bits per heavy atom. The molecule has 172 valence electrons. The molecule has 2 aliphatic heterocycles. The van der Waals surface area contributed by atoms with Crippen molar-refractivity contribution in [1.82, 2.24) is 5.32 Å². The summed E-state index contributed by atoms with van der Waals surface area (Å²) in [6, 6.07) is 17.4. The summed E-state index contributed by atoms with van der Waals surface area (Å²) in [5.74, 6) is 1.21. The molecule has 8 heteroatoms. The van der Waals surface area contributed by atoms with E-state index in [0.717, 1.165) is 5.56 Å². The van der Waals surface area contributed by atoms with Gasteiger partial charge in [-0.3, -0.25) is 9.59 Å². The van der Waals surface area contributed by atoms with Crippen LogP contribution < -0.4 is 24.8 Å². The van der Waals surface area contributed by atoms with Gasteiger partial charge in [-0.2, -0.15) is 0 Å². The van der Waals surface area contributed by atoms with Gasteiger partial charge >= 0.3 is 0 Å². The average molecular weight is 477 g/mol. The van der Waals surface area contributed by atoms with Gasteiger partial charge in [0, 0.05) is 10.6 Å². The van der Waals surface area contributed by atoms with Crippen LogP contribution in [0.4, 0.5) is 5.69 Å². The van der Waals surface area contributed by atoms with Crippen molar-refractivity contribution >= 4 is 35.2 Å². The largest absolute Gasteiger partial charge is 0.486 e. The van der Waals surface area contributed by atoms with Crippen molar-refractivity contribution in [1.29, 1.82) is 0 Å². The van der Waals surface area contributed by atoms with Crippen LogP contribution in [0.25, 0.3) is 6.08 Å². The second-order valence-corrected chi connectivity index (χ2v) is 8.30. The Balaban J connectivity index is 1.31. The van der Waals surface area contributed by atoms with Crippen molar-refractivity contribution in [3.05, 3.63) is 88.1 Å². The molecule has 0 aliphatic carbocycles. The first kappa shape index (κ1) is 21.9. The summed E-state index contributed by atoms with van der Waals surface area (Å²) >= 11 is 6.18. The average Bonchev–Trinajstić information content (AvgIpc) is 2.85. The third-order valence-electron chi connectivity index (χ3n) is 5.54. The number of hydrogen-bond donors (Lipinski definition) is 2. The molecule has 1 atom stereocenters. The maximum atomic E-state index is 12.9. The minimum atomic E-state index is -0.422. The monoisotopic (exact) mass is 476 g/mol. The van der Waals surface area contributed by atoms with Crippen LogP contribution in [-0.4, -0.2) is 25.0 Å². The fraction of sp³-hybridized carbons (Fsp3) is 0.154. The molecule has 0 radical (unpaired) electrons. The third kappa shape index (κ3) is 4.43. The molecule has 0 fully saturated rings. The maximum absolute atomic E-state index is 12.9. The molecule has 0 unspecified atom stereocenters. The molecule has 3 aromatic rings. The normalized spacial score (nSPS) is 16.2. The fourth-order valence-corrected chi connectivity index (χ4v) is 3.92. The Labute approximate surface area is 201 Å². The molecule has 34 heavy (non-hydrogen) atoms. The minimum absolute atomic E-state index is 0.116. The lowest BCUT2D eigenvalue weighted by atomic mass is 10.1. The van der Waals surface area contributed by atoms with Crippen molar-refractivity contribution in [3.8, 4) is 17.2 Å². The topological polar surface area (TPSA) is 85.9 Å². The van der Waals surface area contributed by atoms with Gasteiger partial charge in [0.25, 0.3) is 11.8 Å². The zero-order valence-corrected chi connectivity index (χ0v) is 19.0. The molecule has 0 spiro atoms. The second-order valence-electron chi connectivity index (χ2n) is 7.90. The lowest BCUT2D eigenvalue weighted by Crippen LogP contribution is -2.28. The van der Waals surface area contributed by atoms with Crippen molar-refractivity contribution in [2.45, 2.75) is 13.0 Å². The number of halogens is 1. The van der Waals surface area contributed by atoms with Gasteiger partial charge in [0.1, 0.15) is 13.2 Å². The van der Waals surface area contributed by atoms with Gasteiger partial charge in [0.15, 0.2) is 23.0 Å². The predicted octanol–water partition coefficient (Wildman–Crippen LogP) is 4.97. The van der Waals surface area contributed by atoms with Gasteiger partial charge in [-0.15, -0.1) is 0 Å². The number of hydrogen-bond acceptors (Lipinski definition) is 5. The van der Waals surface area contributed by atoms with E-state index in [9.17, 15) is 9.59 Å². The van der Waals surface area contributed by atoms with E-state index in [0.29, 0.717) is 52.3 Å². The molecule has 2 N–H and O–H groups in total. The molecule has 3 aromatic carbocycles. The zero-order chi connectivity index (χ0) is 23.7. The molecule has 0 aromatic heterocycles. The number of ether oxygens (including phenoxy) is 3. The number of benzene rings is 3. The number of rotatable bonds is 4.